The Morgan fingerprint density at radius 2 is 1.77 bits per heavy atom. The van der Waals surface area contributed by atoms with Crippen molar-refractivity contribution < 1.29 is 18.4 Å². The molecule has 0 radical (unpaired) electrons. The maximum Gasteiger partial charge on any atom is 0.336 e. The van der Waals surface area contributed by atoms with E-state index in [1.165, 1.54) is 17.0 Å². The molecule has 150 valence electrons. The van der Waals surface area contributed by atoms with E-state index in [0.29, 0.717) is 18.9 Å². The minimum absolute atomic E-state index is 0.225. The highest BCUT2D eigenvalue weighted by molar-refractivity contribution is 5.95. The van der Waals surface area contributed by atoms with E-state index in [-0.39, 0.29) is 11.4 Å². The average Bonchev–Trinajstić information content (AvgIpc) is 2.78. The molecule has 1 aliphatic heterocycles. The van der Waals surface area contributed by atoms with E-state index in [1.807, 2.05) is 54.6 Å². The largest absolute Gasteiger partial charge is 0.445 e. The van der Waals surface area contributed by atoms with Gasteiger partial charge in [-0.25, -0.2) is 9.18 Å². The number of hydrogen-bond donors (Lipinski definition) is 1. The predicted octanol–water partition coefficient (Wildman–Crippen LogP) is 3.58. The smallest absolute Gasteiger partial charge is 0.336 e. The van der Waals surface area contributed by atoms with Crippen molar-refractivity contribution in [2.45, 2.75) is 13.0 Å². The van der Waals surface area contributed by atoms with Gasteiger partial charge in [0.2, 0.25) is 6.73 Å². The van der Waals surface area contributed by atoms with Crippen LogP contribution in [-0.2, 0) is 13.0 Å². The minimum Gasteiger partial charge on any atom is -0.445 e. The minimum atomic E-state index is -0.367. The molecule has 1 aliphatic rings. The molecule has 0 bridgehead atoms. The van der Waals surface area contributed by atoms with Crippen molar-refractivity contribution in [3.63, 3.8) is 0 Å². The summed E-state index contributed by atoms with van der Waals surface area (Å²) in [7, 11) is 0. The highest BCUT2D eigenvalue weighted by Gasteiger charge is 2.25. The standard InChI is InChI=1S/C25H20FNO3/c26-19-8-6-17(7-9-19)12-13-27-15-22-23(29-16-27)11-10-20-21(14-24(28)30-25(20)22)18-4-2-1-3-5-18/h1-11,14H,12-13,15-16H2/p+1. The van der Waals surface area contributed by atoms with Gasteiger partial charge in [0.15, 0.2) is 5.58 Å². The lowest BCUT2D eigenvalue weighted by molar-refractivity contribution is -0.932. The van der Waals surface area contributed by atoms with Crippen LogP contribution < -0.4 is 15.3 Å². The summed E-state index contributed by atoms with van der Waals surface area (Å²) in [6.07, 6.45) is 0.818. The van der Waals surface area contributed by atoms with Gasteiger partial charge >= 0.3 is 5.63 Å². The van der Waals surface area contributed by atoms with E-state index in [2.05, 4.69) is 0 Å². The summed E-state index contributed by atoms with van der Waals surface area (Å²) in [4.78, 5) is 13.6. The molecule has 0 spiro atoms. The lowest BCUT2D eigenvalue weighted by atomic mass is 9.99. The normalized spacial score (nSPS) is 15.6. The van der Waals surface area contributed by atoms with Gasteiger partial charge in [0.1, 0.15) is 18.1 Å². The Balaban J connectivity index is 1.48. The summed E-state index contributed by atoms with van der Waals surface area (Å²) in [5.74, 6) is 0.540. The van der Waals surface area contributed by atoms with Gasteiger partial charge in [-0.1, -0.05) is 42.5 Å². The van der Waals surface area contributed by atoms with Gasteiger partial charge in [-0.05, 0) is 41.0 Å². The molecule has 4 aromatic rings. The van der Waals surface area contributed by atoms with Crippen LogP contribution in [0.15, 0.2) is 82.0 Å². The number of benzene rings is 3. The number of quaternary nitrogens is 1. The molecule has 1 aromatic heterocycles. The first-order chi connectivity index (χ1) is 14.7. The third-order valence-electron chi connectivity index (χ3n) is 5.60. The number of nitrogens with one attached hydrogen (secondary N) is 1. The van der Waals surface area contributed by atoms with Crippen LogP contribution >= 0.6 is 0 Å². The Kier molecular flexibility index (Phi) is 4.81. The van der Waals surface area contributed by atoms with Gasteiger partial charge in [-0.15, -0.1) is 0 Å². The molecule has 0 amide bonds. The lowest BCUT2D eigenvalue weighted by Crippen LogP contribution is -3.12. The van der Waals surface area contributed by atoms with Crippen LogP contribution in [0.25, 0.3) is 22.1 Å². The molecule has 2 heterocycles. The van der Waals surface area contributed by atoms with Crippen LogP contribution in [0.4, 0.5) is 4.39 Å². The van der Waals surface area contributed by atoms with Gasteiger partial charge in [0, 0.05) is 17.9 Å². The van der Waals surface area contributed by atoms with Crippen molar-refractivity contribution in [1.82, 2.24) is 0 Å². The summed E-state index contributed by atoms with van der Waals surface area (Å²) in [6, 6.07) is 21.9. The molecular formula is C25H21FNO3+. The average molecular weight is 402 g/mol. The highest BCUT2D eigenvalue weighted by Crippen LogP contribution is 2.33. The van der Waals surface area contributed by atoms with Gasteiger partial charge in [-0.3, -0.25) is 4.90 Å². The second kappa shape index (κ2) is 7.76. The maximum atomic E-state index is 13.1. The van der Waals surface area contributed by atoms with E-state index in [9.17, 15) is 9.18 Å². The topological polar surface area (TPSA) is 43.9 Å². The molecule has 5 rings (SSSR count). The maximum absolute atomic E-state index is 13.1. The molecule has 4 nitrogen and oxygen atoms in total. The Bertz CT molecular complexity index is 1250. The van der Waals surface area contributed by atoms with E-state index in [1.54, 1.807) is 6.07 Å². The summed E-state index contributed by atoms with van der Waals surface area (Å²) < 4.78 is 24.8. The van der Waals surface area contributed by atoms with Crippen molar-refractivity contribution in [2.75, 3.05) is 13.3 Å². The van der Waals surface area contributed by atoms with Gasteiger partial charge < -0.3 is 9.15 Å². The molecule has 0 aliphatic carbocycles. The first-order valence-electron chi connectivity index (χ1n) is 10.0. The van der Waals surface area contributed by atoms with E-state index in [4.69, 9.17) is 9.15 Å². The third-order valence-corrected chi connectivity index (χ3v) is 5.60. The molecular weight excluding hydrogens is 381 g/mol. The predicted molar refractivity (Wildman–Crippen MR) is 113 cm³/mol. The van der Waals surface area contributed by atoms with Crippen LogP contribution in [0.5, 0.6) is 5.75 Å². The summed E-state index contributed by atoms with van der Waals surface area (Å²) >= 11 is 0. The zero-order chi connectivity index (χ0) is 20.5. The van der Waals surface area contributed by atoms with Crippen LogP contribution in [0.1, 0.15) is 11.1 Å². The molecule has 1 atom stereocenters. The van der Waals surface area contributed by atoms with E-state index in [0.717, 1.165) is 46.4 Å². The fraction of sp³-hybridized carbons (Fsp3) is 0.160. The van der Waals surface area contributed by atoms with E-state index >= 15 is 0 Å². The van der Waals surface area contributed by atoms with Gasteiger partial charge in [0.05, 0.1) is 12.1 Å². The van der Waals surface area contributed by atoms with Crippen molar-refractivity contribution in [2.24, 2.45) is 0 Å². The Morgan fingerprint density at radius 3 is 2.57 bits per heavy atom. The van der Waals surface area contributed by atoms with Crippen molar-refractivity contribution in [3.8, 4) is 16.9 Å². The second-order valence-corrected chi connectivity index (χ2v) is 7.61. The van der Waals surface area contributed by atoms with Crippen LogP contribution in [0, 0.1) is 5.82 Å². The number of rotatable bonds is 4. The van der Waals surface area contributed by atoms with Crippen molar-refractivity contribution in [1.29, 1.82) is 0 Å². The number of hydrogen-bond acceptors (Lipinski definition) is 3. The Labute approximate surface area is 173 Å². The molecule has 1 N–H and O–H groups in total. The Hall–Kier alpha value is -3.44. The number of fused-ring (bicyclic) bond motifs is 3. The molecule has 0 saturated heterocycles. The summed E-state index contributed by atoms with van der Waals surface area (Å²) in [5, 5.41) is 0.905. The molecule has 0 fully saturated rings. The fourth-order valence-electron chi connectivity index (χ4n) is 4.04. The van der Waals surface area contributed by atoms with Crippen LogP contribution in [-0.4, -0.2) is 13.3 Å². The molecule has 0 saturated carbocycles. The van der Waals surface area contributed by atoms with Crippen LogP contribution in [0.2, 0.25) is 0 Å². The SMILES string of the molecule is O=c1cc(-c2ccccc2)c2ccc3c(c2o1)C[NH+](CCc1ccc(F)cc1)CO3. The van der Waals surface area contributed by atoms with Gasteiger partial charge in [0.25, 0.3) is 0 Å². The van der Waals surface area contributed by atoms with E-state index < -0.39 is 0 Å². The Morgan fingerprint density at radius 1 is 0.967 bits per heavy atom. The van der Waals surface area contributed by atoms with Crippen molar-refractivity contribution in [3.05, 3.63) is 100 Å². The zero-order valence-corrected chi connectivity index (χ0v) is 16.4. The second-order valence-electron chi connectivity index (χ2n) is 7.61. The third kappa shape index (κ3) is 3.60. The summed E-state index contributed by atoms with van der Waals surface area (Å²) in [6.45, 7) is 2.08. The van der Waals surface area contributed by atoms with Crippen molar-refractivity contribution >= 4 is 11.0 Å². The zero-order valence-electron chi connectivity index (χ0n) is 16.4. The first kappa shape index (κ1) is 18.6. The quantitative estimate of drug-likeness (QED) is 0.531. The molecule has 5 heteroatoms. The number of halogens is 1. The lowest BCUT2D eigenvalue weighted by Gasteiger charge is -2.26. The summed E-state index contributed by atoms with van der Waals surface area (Å²) in [5.41, 5.74) is 4.08. The van der Waals surface area contributed by atoms with Crippen LogP contribution in [0.3, 0.4) is 0 Å². The molecule has 30 heavy (non-hydrogen) atoms. The number of ether oxygens (including phenoxy) is 1. The first-order valence-corrected chi connectivity index (χ1v) is 10.0. The fourth-order valence-corrected chi connectivity index (χ4v) is 4.04. The van der Waals surface area contributed by atoms with Gasteiger partial charge in [-0.2, -0.15) is 0 Å². The highest BCUT2D eigenvalue weighted by atomic mass is 19.1. The molecule has 3 aromatic carbocycles. The molecule has 1 unspecified atom stereocenters. The monoisotopic (exact) mass is 402 g/mol.